The molecule has 1 atom stereocenters. The largest absolute Gasteiger partial charge is 0.308 e. The maximum atomic E-state index is 3.90. The van der Waals surface area contributed by atoms with Crippen LogP contribution >= 0.6 is 0 Å². The van der Waals surface area contributed by atoms with Crippen molar-refractivity contribution in [1.29, 1.82) is 0 Å². The second-order valence-corrected chi connectivity index (χ2v) is 8.99. The predicted octanol–water partition coefficient (Wildman–Crippen LogP) is 3.81. The fourth-order valence-corrected chi connectivity index (χ4v) is 6.79. The number of rotatable bonds is 3. The Morgan fingerprint density at radius 1 is 0.952 bits per heavy atom. The summed E-state index contributed by atoms with van der Waals surface area (Å²) in [7, 11) is 0. The molecular formula is C19H34N2. The third-order valence-corrected chi connectivity index (χ3v) is 7.75. The molecule has 1 saturated heterocycles. The fourth-order valence-electron chi connectivity index (χ4n) is 6.79. The van der Waals surface area contributed by atoms with E-state index in [1.807, 2.05) is 0 Å². The van der Waals surface area contributed by atoms with Crippen LogP contribution in [0.15, 0.2) is 0 Å². The van der Waals surface area contributed by atoms with Crippen molar-refractivity contribution in [3.05, 3.63) is 0 Å². The van der Waals surface area contributed by atoms with Crippen molar-refractivity contribution in [2.75, 3.05) is 13.1 Å². The minimum atomic E-state index is 0.385. The number of piperazine rings is 1. The average Bonchev–Trinajstić information content (AvgIpc) is 2.47. The summed E-state index contributed by atoms with van der Waals surface area (Å²) in [5.41, 5.74) is 0.974. The molecule has 5 fully saturated rings. The van der Waals surface area contributed by atoms with E-state index in [2.05, 4.69) is 31.0 Å². The molecule has 2 nitrogen and oxygen atoms in total. The molecule has 4 aliphatic carbocycles. The lowest BCUT2D eigenvalue weighted by Gasteiger charge is -2.64. The van der Waals surface area contributed by atoms with Gasteiger partial charge in [-0.1, -0.05) is 13.8 Å². The normalized spacial score (nSPS) is 48.7. The van der Waals surface area contributed by atoms with Crippen LogP contribution in [0.4, 0.5) is 0 Å². The van der Waals surface area contributed by atoms with Gasteiger partial charge in [-0.05, 0) is 76.0 Å². The van der Waals surface area contributed by atoms with E-state index in [-0.39, 0.29) is 0 Å². The van der Waals surface area contributed by atoms with Gasteiger partial charge in [-0.2, -0.15) is 0 Å². The van der Waals surface area contributed by atoms with E-state index >= 15 is 0 Å². The summed E-state index contributed by atoms with van der Waals surface area (Å²) < 4.78 is 0. The lowest BCUT2D eigenvalue weighted by atomic mass is 9.52. The maximum Gasteiger partial charge on any atom is 0.0304 e. The summed E-state index contributed by atoms with van der Waals surface area (Å²) in [6, 6.07) is 0.729. The van der Waals surface area contributed by atoms with Crippen molar-refractivity contribution >= 4 is 0 Å². The summed E-state index contributed by atoms with van der Waals surface area (Å²) in [4.78, 5) is 3.00. The zero-order valence-electron chi connectivity index (χ0n) is 14.3. The lowest BCUT2D eigenvalue weighted by Crippen LogP contribution is -2.71. The SMILES string of the molecule is CCC1(CC)CN(C23CC4CC(CC(C4)C2)C3)C(C)CN1. The third kappa shape index (κ3) is 2.20. The summed E-state index contributed by atoms with van der Waals surface area (Å²) in [6.45, 7) is 9.73. The molecule has 0 aromatic heterocycles. The van der Waals surface area contributed by atoms with Crippen LogP contribution in [0, 0.1) is 17.8 Å². The molecule has 0 radical (unpaired) electrons. The van der Waals surface area contributed by atoms with Crippen molar-refractivity contribution in [2.24, 2.45) is 17.8 Å². The van der Waals surface area contributed by atoms with Crippen LogP contribution in [-0.4, -0.2) is 35.1 Å². The number of nitrogens with one attached hydrogen (secondary N) is 1. The van der Waals surface area contributed by atoms with E-state index in [9.17, 15) is 0 Å². The van der Waals surface area contributed by atoms with E-state index < -0.39 is 0 Å². The van der Waals surface area contributed by atoms with Crippen molar-refractivity contribution in [1.82, 2.24) is 10.2 Å². The summed E-state index contributed by atoms with van der Waals surface area (Å²) >= 11 is 0. The van der Waals surface area contributed by atoms with Gasteiger partial charge >= 0.3 is 0 Å². The van der Waals surface area contributed by atoms with E-state index in [0.29, 0.717) is 11.1 Å². The first kappa shape index (κ1) is 14.5. The molecule has 120 valence electrons. The van der Waals surface area contributed by atoms with E-state index in [4.69, 9.17) is 0 Å². The molecule has 5 rings (SSSR count). The van der Waals surface area contributed by atoms with Crippen LogP contribution in [0.1, 0.15) is 72.1 Å². The molecular weight excluding hydrogens is 256 g/mol. The summed E-state index contributed by atoms with van der Waals surface area (Å²) in [5.74, 6) is 3.20. The molecule has 1 aliphatic heterocycles. The lowest BCUT2D eigenvalue weighted by molar-refractivity contribution is -0.122. The highest BCUT2D eigenvalue weighted by Crippen LogP contribution is 2.58. The van der Waals surface area contributed by atoms with Crippen LogP contribution in [-0.2, 0) is 0 Å². The van der Waals surface area contributed by atoms with Crippen LogP contribution in [0.25, 0.3) is 0 Å². The molecule has 0 aromatic carbocycles. The van der Waals surface area contributed by atoms with Gasteiger partial charge < -0.3 is 5.32 Å². The molecule has 4 saturated carbocycles. The number of nitrogens with zero attached hydrogens (tertiary/aromatic N) is 1. The Morgan fingerprint density at radius 3 is 1.95 bits per heavy atom. The number of hydrogen-bond acceptors (Lipinski definition) is 2. The summed E-state index contributed by atoms with van der Waals surface area (Å²) in [6.07, 6.45) is 11.8. The average molecular weight is 290 g/mol. The highest BCUT2D eigenvalue weighted by molar-refractivity contribution is 5.11. The molecule has 1 N–H and O–H groups in total. The van der Waals surface area contributed by atoms with Gasteiger partial charge in [0.15, 0.2) is 0 Å². The zero-order chi connectivity index (χ0) is 14.7. The van der Waals surface area contributed by atoms with Gasteiger partial charge in [-0.25, -0.2) is 0 Å². The third-order valence-electron chi connectivity index (χ3n) is 7.75. The van der Waals surface area contributed by atoms with Crippen molar-refractivity contribution in [3.63, 3.8) is 0 Å². The van der Waals surface area contributed by atoms with Gasteiger partial charge in [0.25, 0.3) is 0 Å². The molecule has 0 spiro atoms. The predicted molar refractivity (Wildman–Crippen MR) is 88.4 cm³/mol. The molecule has 1 heterocycles. The van der Waals surface area contributed by atoms with Gasteiger partial charge in [0.2, 0.25) is 0 Å². The first-order valence-corrected chi connectivity index (χ1v) is 9.60. The van der Waals surface area contributed by atoms with Crippen LogP contribution in [0.5, 0.6) is 0 Å². The Bertz CT molecular complexity index is 363. The van der Waals surface area contributed by atoms with Gasteiger partial charge in [0.05, 0.1) is 0 Å². The van der Waals surface area contributed by atoms with E-state index in [1.165, 1.54) is 45.2 Å². The highest BCUT2D eigenvalue weighted by atomic mass is 15.3. The molecule has 21 heavy (non-hydrogen) atoms. The number of hydrogen-bond donors (Lipinski definition) is 1. The maximum absolute atomic E-state index is 3.90. The quantitative estimate of drug-likeness (QED) is 0.850. The first-order chi connectivity index (χ1) is 10.1. The van der Waals surface area contributed by atoms with Crippen molar-refractivity contribution in [2.45, 2.75) is 89.3 Å². The van der Waals surface area contributed by atoms with E-state index in [0.717, 1.165) is 23.8 Å². The second-order valence-electron chi connectivity index (χ2n) is 8.99. The molecule has 5 aliphatic rings. The van der Waals surface area contributed by atoms with Gasteiger partial charge in [-0.15, -0.1) is 0 Å². The van der Waals surface area contributed by atoms with Crippen LogP contribution in [0.2, 0.25) is 0 Å². The Labute approximate surface area is 131 Å². The van der Waals surface area contributed by atoms with Crippen molar-refractivity contribution < 1.29 is 0 Å². The topological polar surface area (TPSA) is 15.3 Å². The smallest absolute Gasteiger partial charge is 0.0304 e. The molecule has 0 amide bonds. The molecule has 4 bridgehead atoms. The molecule has 0 aromatic rings. The first-order valence-electron chi connectivity index (χ1n) is 9.60. The Hall–Kier alpha value is -0.0800. The zero-order valence-corrected chi connectivity index (χ0v) is 14.3. The highest BCUT2D eigenvalue weighted by Gasteiger charge is 2.55. The van der Waals surface area contributed by atoms with Gasteiger partial charge in [0, 0.05) is 30.2 Å². The minimum absolute atomic E-state index is 0.385. The van der Waals surface area contributed by atoms with E-state index in [1.54, 1.807) is 19.3 Å². The fraction of sp³-hybridized carbons (Fsp3) is 1.00. The Balaban J connectivity index is 1.62. The second kappa shape index (κ2) is 4.96. The molecule has 2 heteroatoms. The van der Waals surface area contributed by atoms with Crippen LogP contribution in [0.3, 0.4) is 0 Å². The standard InChI is InChI=1S/C19H34N2/c1-4-18(5-2)13-21(14(3)12-20-18)19-9-15-6-16(10-19)8-17(7-15)11-19/h14-17,20H,4-13H2,1-3H3. The summed E-state index contributed by atoms with van der Waals surface area (Å²) in [5, 5.41) is 3.90. The van der Waals surface area contributed by atoms with Gasteiger partial charge in [0.1, 0.15) is 0 Å². The molecule has 1 unspecified atom stereocenters. The Kier molecular flexibility index (Phi) is 3.43. The Morgan fingerprint density at radius 2 is 1.48 bits per heavy atom. The minimum Gasteiger partial charge on any atom is -0.308 e. The van der Waals surface area contributed by atoms with Gasteiger partial charge in [-0.3, -0.25) is 4.90 Å². The monoisotopic (exact) mass is 290 g/mol. The van der Waals surface area contributed by atoms with Crippen LogP contribution < -0.4 is 5.32 Å². The van der Waals surface area contributed by atoms with Crippen molar-refractivity contribution in [3.8, 4) is 0 Å².